The Labute approximate surface area is 135 Å². The number of hydrogen-bond acceptors (Lipinski definition) is 2. The molecule has 2 rings (SSSR count). The highest BCUT2D eigenvalue weighted by Crippen LogP contribution is 2.31. The van der Waals surface area contributed by atoms with Crippen LogP contribution >= 0.6 is 35.6 Å². The number of rotatable bonds is 6. The molecule has 0 saturated heterocycles. The second-order valence-corrected chi connectivity index (χ2v) is 5.26. The van der Waals surface area contributed by atoms with Crippen molar-refractivity contribution >= 4 is 35.6 Å². The largest absolute Gasteiger partial charge is 0.460 e. The molecule has 0 spiro atoms. The first-order chi connectivity index (χ1) is 9.20. The molecule has 1 aromatic heterocycles. The van der Waals surface area contributed by atoms with E-state index in [1.54, 1.807) is 6.07 Å². The molecule has 2 aromatic rings. The minimum atomic E-state index is 0. The molecule has 5 heteroatoms. The van der Waals surface area contributed by atoms with Crippen LogP contribution in [0.3, 0.4) is 0 Å². The van der Waals surface area contributed by atoms with Crippen LogP contribution in [-0.2, 0) is 6.54 Å². The zero-order valence-electron chi connectivity index (χ0n) is 11.3. The summed E-state index contributed by atoms with van der Waals surface area (Å²) in [6.07, 6.45) is 2.37. The second kappa shape index (κ2) is 8.58. The molecule has 0 aliphatic rings. The molecule has 0 radical (unpaired) electrons. The maximum Gasteiger partial charge on any atom is 0.135 e. The Morgan fingerprint density at radius 3 is 2.65 bits per heavy atom. The van der Waals surface area contributed by atoms with Crippen molar-refractivity contribution in [2.45, 2.75) is 26.3 Å². The molecular weight excluding hydrogens is 317 g/mol. The minimum absolute atomic E-state index is 0. The van der Waals surface area contributed by atoms with Crippen LogP contribution in [0.25, 0.3) is 11.3 Å². The van der Waals surface area contributed by atoms with Crippen LogP contribution in [0.4, 0.5) is 0 Å². The first-order valence-corrected chi connectivity index (χ1v) is 7.21. The fourth-order valence-electron chi connectivity index (χ4n) is 1.82. The van der Waals surface area contributed by atoms with Gasteiger partial charge in [-0.2, -0.15) is 0 Å². The van der Waals surface area contributed by atoms with Crippen molar-refractivity contribution in [3.63, 3.8) is 0 Å². The monoisotopic (exact) mass is 333 g/mol. The molecule has 1 aromatic carbocycles. The molecule has 0 aliphatic heterocycles. The van der Waals surface area contributed by atoms with E-state index in [4.69, 9.17) is 27.6 Å². The first-order valence-electron chi connectivity index (χ1n) is 6.45. The van der Waals surface area contributed by atoms with Crippen molar-refractivity contribution in [1.82, 2.24) is 5.32 Å². The van der Waals surface area contributed by atoms with Crippen LogP contribution in [0, 0.1) is 0 Å². The summed E-state index contributed by atoms with van der Waals surface area (Å²) in [5.41, 5.74) is 0.867. The summed E-state index contributed by atoms with van der Waals surface area (Å²) in [7, 11) is 0. The van der Waals surface area contributed by atoms with Gasteiger partial charge in [-0.25, -0.2) is 0 Å². The Hall–Kier alpha value is -0.670. The van der Waals surface area contributed by atoms with Gasteiger partial charge in [-0.05, 0) is 43.3 Å². The van der Waals surface area contributed by atoms with Gasteiger partial charge in [-0.1, -0.05) is 36.5 Å². The van der Waals surface area contributed by atoms with Crippen LogP contribution in [-0.4, -0.2) is 6.54 Å². The summed E-state index contributed by atoms with van der Waals surface area (Å²) in [5.74, 6) is 1.69. The lowest BCUT2D eigenvalue weighted by atomic mass is 10.2. The maximum absolute atomic E-state index is 6.16. The Bertz CT molecular complexity index is 540. The van der Waals surface area contributed by atoms with E-state index in [0.717, 1.165) is 30.2 Å². The third-order valence-electron chi connectivity index (χ3n) is 2.86. The Morgan fingerprint density at radius 2 is 1.95 bits per heavy atom. The average molecular weight is 335 g/mol. The van der Waals surface area contributed by atoms with E-state index in [1.807, 2.05) is 24.3 Å². The van der Waals surface area contributed by atoms with Gasteiger partial charge in [-0.3, -0.25) is 0 Å². The summed E-state index contributed by atoms with van der Waals surface area (Å²) in [4.78, 5) is 0. The standard InChI is InChI=1S/C15H17Cl2NO.ClH/c1-2-3-8-18-10-12-5-7-15(19-12)13-6-4-11(16)9-14(13)17;/h4-7,9,18H,2-3,8,10H2,1H3;1H. The van der Waals surface area contributed by atoms with Gasteiger partial charge in [0.05, 0.1) is 11.6 Å². The van der Waals surface area contributed by atoms with Gasteiger partial charge in [0.15, 0.2) is 0 Å². The zero-order chi connectivity index (χ0) is 13.7. The number of halogens is 3. The molecule has 0 bridgehead atoms. The van der Waals surface area contributed by atoms with Gasteiger partial charge < -0.3 is 9.73 Å². The summed E-state index contributed by atoms with van der Waals surface area (Å²) in [6.45, 7) is 3.93. The maximum atomic E-state index is 6.16. The van der Waals surface area contributed by atoms with E-state index in [9.17, 15) is 0 Å². The van der Waals surface area contributed by atoms with E-state index >= 15 is 0 Å². The predicted molar refractivity (Wildman–Crippen MR) is 88.0 cm³/mol. The number of furan rings is 1. The Balaban J connectivity index is 0.00000200. The third-order valence-corrected chi connectivity index (χ3v) is 3.41. The van der Waals surface area contributed by atoms with Crippen molar-refractivity contribution in [3.8, 4) is 11.3 Å². The van der Waals surface area contributed by atoms with Crippen LogP contribution in [0.15, 0.2) is 34.7 Å². The number of hydrogen-bond donors (Lipinski definition) is 1. The van der Waals surface area contributed by atoms with Crippen molar-refractivity contribution in [1.29, 1.82) is 0 Å². The summed E-state index contributed by atoms with van der Waals surface area (Å²) < 4.78 is 5.78. The first kappa shape index (κ1) is 17.4. The average Bonchev–Trinajstić information content (AvgIpc) is 2.83. The molecule has 0 unspecified atom stereocenters. The summed E-state index contributed by atoms with van der Waals surface area (Å²) >= 11 is 12.0. The lowest BCUT2D eigenvalue weighted by molar-refractivity contribution is 0.490. The van der Waals surface area contributed by atoms with Gasteiger partial charge >= 0.3 is 0 Å². The van der Waals surface area contributed by atoms with Gasteiger partial charge in [0.25, 0.3) is 0 Å². The molecule has 20 heavy (non-hydrogen) atoms. The van der Waals surface area contributed by atoms with Crippen LogP contribution in [0.2, 0.25) is 10.0 Å². The molecule has 0 saturated carbocycles. The van der Waals surface area contributed by atoms with Crippen LogP contribution < -0.4 is 5.32 Å². The van der Waals surface area contributed by atoms with E-state index in [1.165, 1.54) is 12.8 Å². The Kier molecular flexibility index (Phi) is 7.46. The fraction of sp³-hybridized carbons (Fsp3) is 0.333. The molecule has 0 fully saturated rings. The lowest BCUT2D eigenvalue weighted by Gasteiger charge is -2.02. The van der Waals surface area contributed by atoms with E-state index in [2.05, 4.69) is 12.2 Å². The quantitative estimate of drug-likeness (QED) is 0.699. The van der Waals surface area contributed by atoms with Gasteiger partial charge in [0.2, 0.25) is 0 Å². The van der Waals surface area contributed by atoms with Gasteiger partial charge in [0, 0.05) is 10.6 Å². The smallest absolute Gasteiger partial charge is 0.135 e. The van der Waals surface area contributed by atoms with Crippen molar-refractivity contribution in [2.24, 2.45) is 0 Å². The fourth-order valence-corrected chi connectivity index (χ4v) is 2.32. The molecule has 2 nitrogen and oxygen atoms in total. The lowest BCUT2D eigenvalue weighted by Crippen LogP contribution is -2.13. The summed E-state index contributed by atoms with van der Waals surface area (Å²) in [5, 5.41) is 4.57. The Morgan fingerprint density at radius 1 is 1.15 bits per heavy atom. The zero-order valence-corrected chi connectivity index (χ0v) is 13.6. The summed E-state index contributed by atoms with van der Waals surface area (Å²) in [6, 6.07) is 9.31. The van der Waals surface area contributed by atoms with Crippen molar-refractivity contribution in [2.75, 3.05) is 6.54 Å². The number of benzene rings is 1. The topological polar surface area (TPSA) is 25.2 Å². The van der Waals surface area contributed by atoms with E-state index in [-0.39, 0.29) is 12.4 Å². The molecule has 0 atom stereocenters. The molecule has 110 valence electrons. The van der Waals surface area contributed by atoms with Gasteiger partial charge in [0.1, 0.15) is 11.5 Å². The number of unbranched alkanes of at least 4 members (excludes halogenated alkanes) is 1. The normalized spacial score (nSPS) is 10.3. The van der Waals surface area contributed by atoms with Crippen LogP contribution in [0.1, 0.15) is 25.5 Å². The minimum Gasteiger partial charge on any atom is -0.460 e. The van der Waals surface area contributed by atoms with Gasteiger partial charge in [-0.15, -0.1) is 12.4 Å². The highest BCUT2D eigenvalue weighted by Gasteiger charge is 2.08. The third kappa shape index (κ3) is 4.71. The number of nitrogens with one attached hydrogen (secondary N) is 1. The SMILES string of the molecule is CCCCNCc1ccc(-c2ccc(Cl)cc2Cl)o1.Cl. The molecule has 1 heterocycles. The second-order valence-electron chi connectivity index (χ2n) is 4.42. The molecule has 0 aliphatic carbocycles. The highest BCUT2D eigenvalue weighted by molar-refractivity contribution is 6.36. The van der Waals surface area contributed by atoms with E-state index < -0.39 is 0 Å². The molecule has 1 N–H and O–H groups in total. The molecule has 0 amide bonds. The molecular formula is C15H18Cl3NO. The van der Waals surface area contributed by atoms with Crippen molar-refractivity contribution < 1.29 is 4.42 Å². The van der Waals surface area contributed by atoms with E-state index in [0.29, 0.717) is 10.0 Å². The highest BCUT2D eigenvalue weighted by atomic mass is 35.5. The van der Waals surface area contributed by atoms with Crippen molar-refractivity contribution in [3.05, 3.63) is 46.1 Å². The predicted octanol–water partition coefficient (Wildman–Crippen LogP) is 5.56. The van der Waals surface area contributed by atoms with Crippen LogP contribution in [0.5, 0.6) is 0 Å².